The molecule has 1 aliphatic carbocycles. The molecule has 0 aromatic carbocycles. The lowest BCUT2D eigenvalue weighted by molar-refractivity contribution is 0.305. The third kappa shape index (κ3) is 2.11. The van der Waals surface area contributed by atoms with Crippen LogP contribution in [0.4, 0.5) is 0 Å². The maximum Gasteiger partial charge on any atom is 0.153 e. The van der Waals surface area contributed by atoms with Crippen molar-refractivity contribution in [3.8, 4) is 0 Å². The summed E-state index contributed by atoms with van der Waals surface area (Å²) in [5, 5.41) is 9.34. The fourth-order valence-electron chi connectivity index (χ4n) is 2.91. The van der Waals surface area contributed by atoms with E-state index < -0.39 is 0 Å². The van der Waals surface area contributed by atoms with Gasteiger partial charge in [-0.05, 0) is 39.8 Å². The summed E-state index contributed by atoms with van der Waals surface area (Å²) >= 11 is 0. The quantitative estimate of drug-likeness (QED) is 0.857. The van der Waals surface area contributed by atoms with Crippen LogP contribution in [0.15, 0.2) is 36.4 Å². The van der Waals surface area contributed by atoms with Crippen LogP contribution in [0.3, 0.4) is 0 Å². The van der Waals surface area contributed by atoms with Gasteiger partial charge < -0.3 is 0 Å². The first-order valence-corrected chi connectivity index (χ1v) is 6.97. The Hall–Kier alpha value is -2.10. The van der Waals surface area contributed by atoms with E-state index in [1.165, 1.54) is 0 Å². The highest BCUT2D eigenvalue weighted by atomic mass is 15.5. The van der Waals surface area contributed by atoms with Crippen molar-refractivity contribution in [1.82, 2.24) is 19.6 Å². The van der Waals surface area contributed by atoms with Crippen LogP contribution >= 0.6 is 0 Å². The van der Waals surface area contributed by atoms with E-state index in [4.69, 9.17) is 0 Å². The fourth-order valence-corrected chi connectivity index (χ4v) is 2.91. The molecule has 0 N–H and O–H groups in total. The van der Waals surface area contributed by atoms with Gasteiger partial charge in [0.05, 0.1) is 11.4 Å². The molecule has 0 fully saturated rings. The highest BCUT2D eigenvalue weighted by Crippen LogP contribution is 2.28. The predicted octanol–water partition coefficient (Wildman–Crippen LogP) is 3.10. The molecule has 0 unspecified atom stereocenters. The molecule has 0 saturated carbocycles. The zero-order valence-electron chi connectivity index (χ0n) is 12.4. The van der Waals surface area contributed by atoms with Gasteiger partial charge in [-0.3, -0.25) is 0 Å². The van der Waals surface area contributed by atoms with Gasteiger partial charge in [-0.25, -0.2) is 9.36 Å². The van der Waals surface area contributed by atoms with Crippen molar-refractivity contribution in [3.63, 3.8) is 0 Å². The van der Waals surface area contributed by atoms with Gasteiger partial charge in [0.2, 0.25) is 0 Å². The first-order valence-electron chi connectivity index (χ1n) is 6.97. The van der Waals surface area contributed by atoms with E-state index in [1.807, 2.05) is 13.8 Å². The first kappa shape index (κ1) is 12.9. The van der Waals surface area contributed by atoms with Gasteiger partial charge in [0, 0.05) is 17.3 Å². The lowest BCUT2D eigenvalue weighted by Crippen LogP contribution is -2.28. The number of aryl methyl sites for hydroxylation is 4. The second kappa shape index (κ2) is 4.78. The van der Waals surface area contributed by atoms with Crippen LogP contribution in [0.2, 0.25) is 0 Å². The smallest absolute Gasteiger partial charge is 0.153 e. The van der Waals surface area contributed by atoms with Crippen molar-refractivity contribution >= 4 is 0 Å². The number of hydrogen-bond donors (Lipinski definition) is 0. The highest BCUT2D eigenvalue weighted by Gasteiger charge is 2.26. The van der Waals surface area contributed by atoms with Crippen molar-refractivity contribution in [2.75, 3.05) is 0 Å². The van der Waals surface area contributed by atoms with E-state index in [0.717, 1.165) is 22.8 Å². The Balaban J connectivity index is 2.13. The molecule has 2 aromatic heterocycles. The van der Waals surface area contributed by atoms with Crippen molar-refractivity contribution in [2.24, 2.45) is 5.92 Å². The van der Waals surface area contributed by atoms with E-state index in [9.17, 15) is 0 Å². The van der Waals surface area contributed by atoms with Gasteiger partial charge in [0.25, 0.3) is 0 Å². The molecule has 4 heteroatoms. The monoisotopic (exact) mass is 268 g/mol. The Morgan fingerprint density at radius 1 is 0.850 bits per heavy atom. The predicted molar refractivity (Wildman–Crippen MR) is 79.6 cm³/mol. The Kier molecular flexibility index (Phi) is 3.08. The van der Waals surface area contributed by atoms with Gasteiger partial charge >= 0.3 is 0 Å². The Morgan fingerprint density at radius 2 is 1.30 bits per heavy atom. The number of hydrogen-bond acceptors (Lipinski definition) is 2. The topological polar surface area (TPSA) is 35.6 Å². The first-order chi connectivity index (χ1) is 9.56. The summed E-state index contributed by atoms with van der Waals surface area (Å²) in [7, 11) is 0. The van der Waals surface area contributed by atoms with Crippen LogP contribution in [0.25, 0.3) is 0 Å². The molecule has 0 saturated heterocycles. The van der Waals surface area contributed by atoms with Gasteiger partial charge in [0.15, 0.2) is 6.17 Å². The average molecular weight is 268 g/mol. The zero-order chi connectivity index (χ0) is 14.3. The van der Waals surface area contributed by atoms with Crippen LogP contribution in [0, 0.1) is 33.6 Å². The van der Waals surface area contributed by atoms with E-state index in [0.29, 0.717) is 0 Å². The minimum atomic E-state index is 0.0624. The third-order valence-electron chi connectivity index (χ3n) is 3.71. The SMILES string of the molecule is Cc1cc(C)n(C(C2C=CC=C2)n2nc(C)cc2C)n1. The molecular weight excluding hydrogens is 248 g/mol. The Labute approximate surface area is 119 Å². The molecule has 1 aliphatic rings. The maximum atomic E-state index is 4.67. The molecule has 104 valence electrons. The lowest BCUT2D eigenvalue weighted by atomic mass is 10.1. The zero-order valence-corrected chi connectivity index (χ0v) is 12.4. The van der Waals surface area contributed by atoms with Crippen molar-refractivity contribution in [2.45, 2.75) is 33.9 Å². The molecule has 0 spiro atoms. The Bertz CT molecular complexity index is 629. The highest BCUT2D eigenvalue weighted by molar-refractivity contribution is 5.22. The normalized spacial score (nSPS) is 14.8. The van der Waals surface area contributed by atoms with Crippen molar-refractivity contribution in [1.29, 1.82) is 0 Å². The van der Waals surface area contributed by atoms with E-state index in [2.05, 4.69) is 69.8 Å². The number of aromatic nitrogens is 4. The lowest BCUT2D eigenvalue weighted by Gasteiger charge is -2.25. The molecular formula is C16H20N4. The summed E-state index contributed by atoms with van der Waals surface area (Å²) in [6, 6.07) is 4.22. The second-order valence-corrected chi connectivity index (χ2v) is 5.50. The largest absolute Gasteiger partial charge is 0.244 e. The van der Waals surface area contributed by atoms with E-state index >= 15 is 0 Å². The van der Waals surface area contributed by atoms with Crippen molar-refractivity contribution in [3.05, 3.63) is 59.2 Å². The summed E-state index contributed by atoms with van der Waals surface area (Å²) in [6.07, 6.45) is 8.66. The van der Waals surface area contributed by atoms with E-state index in [1.54, 1.807) is 0 Å². The fraction of sp³-hybridized carbons (Fsp3) is 0.375. The number of allylic oxidation sites excluding steroid dienone is 4. The molecule has 20 heavy (non-hydrogen) atoms. The summed E-state index contributed by atoms with van der Waals surface area (Å²) < 4.78 is 4.17. The molecule has 0 radical (unpaired) electrons. The van der Waals surface area contributed by atoms with Gasteiger partial charge in [0.1, 0.15) is 0 Å². The maximum absolute atomic E-state index is 4.67. The molecule has 2 heterocycles. The molecule has 4 nitrogen and oxygen atoms in total. The standard InChI is InChI=1S/C16H20N4/c1-11-9-13(3)19(17-11)16(15-7-5-6-8-15)20-14(4)10-12(2)18-20/h5-10,15-16H,1-4H3. The summed E-state index contributed by atoms with van der Waals surface area (Å²) in [5.41, 5.74) is 4.41. The van der Waals surface area contributed by atoms with Crippen LogP contribution in [0.1, 0.15) is 28.9 Å². The van der Waals surface area contributed by atoms with Crippen LogP contribution in [-0.2, 0) is 0 Å². The molecule has 2 aromatic rings. The molecule has 0 atom stereocenters. The van der Waals surface area contributed by atoms with Crippen LogP contribution in [0.5, 0.6) is 0 Å². The van der Waals surface area contributed by atoms with Crippen LogP contribution in [-0.4, -0.2) is 19.6 Å². The van der Waals surface area contributed by atoms with Gasteiger partial charge in [-0.1, -0.05) is 24.3 Å². The van der Waals surface area contributed by atoms with Gasteiger partial charge in [-0.2, -0.15) is 10.2 Å². The number of nitrogens with zero attached hydrogens (tertiary/aromatic N) is 4. The summed E-state index contributed by atoms with van der Waals surface area (Å²) in [5.74, 6) is 0.283. The minimum Gasteiger partial charge on any atom is -0.244 e. The average Bonchev–Trinajstić information content (AvgIpc) is 3.05. The molecule has 0 amide bonds. The number of rotatable bonds is 3. The minimum absolute atomic E-state index is 0.0624. The van der Waals surface area contributed by atoms with Crippen molar-refractivity contribution < 1.29 is 0 Å². The Morgan fingerprint density at radius 3 is 1.65 bits per heavy atom. The third-order valence-corrected chi connectivity index (χ3v) is 3.71. The molecule has 0 aliphatic heterocycles. The summed E-state index contributed by atoms with van der Waals surface area (Å²) in [6.45, 7) is 8.26. The molecule has 0 bridgehead atoms. The van der Waals surface area contributed by atoms with Gasteiger partial charge in [-0.15, -0.1) is 0 Å². The van der Waals surface area contributed by atoms with E-state index in [-0.39, 0.29) is 12.1 Å². The molecule has 3 rings (SSSR count). The van der Waals surface area contributed by atoms with Crippen LogP contribution < -0.4 is 0 Å². The summed E-state index contributed by atoms with van der Waals surface area (Å²) in [4.78, 5) is 0. The second-order valence-electron chi connectivity index (χ2n) is 5.50.